The summed E-state index contributed by atoms with van der Waals surface area (Å²) in [6.45, 7) is 0. The van der Waals surface area contributed by atoms with Crippen LogP contribution in [0.3, 0.4) is 0 Å². The summed E-state index contributed by atoms with van der Waals surface area (Å²) in [5, 5.41) is 15.2. The molecular weight excluding hydrogens is 326 g/mol. The Morgan fingerprint density at radius 1 is 1.29 bits per heavy atom. The van der Waals surface area contributed by atoms with Crippen LogP contribution >= 0.6 is 11.3 Å². The molecule has 6 nitrogen and oxygen atoms in total. The number of piperidine rings is 1. The smallest absolute Gasteiger partial charge is 0.270 e. The molecule has 1 aromatic heterocycles. The maximum Gasteiger partial charge on any atom is 0.270 e. The van der Waals surface area contributed by atoms with Crippen LogP contribution in [0.25, 0.3) is 10.1 Å². The molecular formula is C17H19N3O3S. The van der Waals surface area contributed by atoms with E-state index in [0.29, 0.717) is 17.0 Å². The van der Waals surface area contributed by atoms with Gasteiger partial charge in [0.05, 0.1) is 9.80 Å². The van der Waals surface area contributed by atoms with E-state index < -0.39 is 4.92 Å². The summed E-state index contributed by atoms with van der Waals surface area (Å²) in [5.41, 5.74) is 0.0579. The van der Waals surface area contributed by atoms with Crippen LogP contribution < -0.4 is 5.32 Å². The third-order valence-electron chi connectivity index (χ3n) is 5.24. The Balaban J connectivity index is 1.57. The zero-order chi connectivity index (χ0) is 16.8. The van der Waals surface area contributed by atoms with Crippen molar-refractivity contribution in [1.82, 2.24) is 10.2 Å². The number of rotatable bonds is 3. The van der Waals surface area contributed by atoms with E-state index in [2.05, 4.69) is 5.32 Å². The SMILES string of the molecule is CN(C(=O)c1cc2cc([N+](=O)[O-])ccc2s1)C1CC2CCC(C1)N2. The van der Waals surface area contributed by atoms with Gasteiger partial charge in [-0.05, 0) is 37.8 Å². The predicted molar refractivity (Wildman–Crippen MR) is 93.5 cm³/mol. The van der Waals surface area contributed by atoms with Gasteiger partial charge in [-0.2, -0.15) is 0 Å². The number of carbonyl (C=O) groups is 1. The number of hydrogen-bond acceptors (Lipinski definition) is 5. The Morgan fingerprint density at radius 2 is 2.00 bits per heavy atom. The number of carbonyl (C=O) groups excluding carboxylic acids is 1. The molecule has 2 bridgehead atoms. The van der Waals surface area contributed by atoms with Gasteiger partial charge in [0, 0.05) is 47.4 Å². The van der Waals surface area contributed by atoms with E-state index in [9.17, 15) is 14.9 Å². The van der Waals surface area contributed by atoms with Crippen LogP contribution in [0.1, 0.15) is 35.4 Å². The molecule has 2 saturated heterocycles. The minimum absolute atomic E-state index is 0.0187. The number of nitrogens with zero attached hydrogens (tertiary/aromatic N) is 2. The van der Waals surface area contributed by atoms with Crippen molar-refractivity contribution in [3.05, 3.63) is 39.3 Å². The maximum absolute atomic E-state index is 12.8. The monoisotopic (exact) mass is 345 g/mol. The van der Waals surface area contributed by atoms with Crippen molar-refractivity contribution in [2.45, 2.75) is 43.8 Å². The quantitative estimate of drug-likeness (QED) is 0.685. The predicted octanol–water partition coefficient (Wildman–Crippen LogP) is 3.16. The van der Waals surface area contributed by atoms with E-state index in [1.165, 1.54) is 36.3 Å². The summed E-state index contributed by atoms with van der Waals surface area (Å²) >= 11 is 1.41. The molecule has 2 aliphatic heterocycles. The topological polar surface area (TPSA) is 75.5 Å². The lowest BCUT2D eigenvalue weighted by Gasteiger charge is -2.35. The highest BCUT2D eigenvalue weighted by molar-refractivity contribution is 7.20. The highest BCUT2D eigenvalue weighted by atomic mass is 32.1. The lowest BCUT2D eigenvalue weighted by atomic mass is 9.98. The summed E-state index contributed by atoms with van der Waals surface area (Å²) in [4.78, 5) is 25.9. The van der Waals surface area contributed by atoms with E-state index >= 15 is 0 Å². The number of nitrogens with one attached hydrogen (secondary N) is 1. The maximum atomic E-state index is 12.8. The van der Waals surface area contributed by atoms with Crippen LogP contribution in [0.5, 0.6) is 0 Å². The molecule has 1 N–H and O–H groups in total. The summed E-state index contributed by atoms with van der Waals surface area (Å²) in [5.74, 6) is 0.0187. The average molecular weight is 345 g/mol. The van der Waals surface area contributed by atoms with E-state index in [-0.39, 0.29) is 17.6 Å². The number of fused-ring (bicyclic) bond motifs is 3. The van der Waals surface area contributed by atoms with E-state index in [1.54, 1.807) is 12.1 Å². The van der Waals surface area contributed by atoms with Crippen LogP contribution in [0.15, 0.2) is 24.3 Å². The van der Waals surface area contributed by atoms with Crippen LogP contribution in [0, 0.1) is 10.1 Å². The molecule has 2 aliphatic rings. The first-order chi connectivity index (χ1) is 11.5. The number of amides is 1. The standard InChI is InChI=1S/C17H19N3O3S/c1-19(14-8-11-2-3-12(9-14)18-11)17(21)16-7-10-6-13(20(22)23)4-5-15(10)24-16/h4-7,11-12,14,18H,2-3,8-9H2,1H3. The van der Waals surface area contributed by atoms with Gasteiger partial charge in [0.1, 0.15) is 0 Å². The van der Waals surface area contributed by atoms with Crippen molar-refractivity contribution in [1.29, 1.82) is 0 Å². The molecule has 2 atom stereocenters. The molecule has 0 spiro atoms. The molecule has 7 heteroatoms. The summed E-state index contributed by atoms with van der Waals surface area (Å²) in [6, 6.07) is 7.87. The largest absolute Gasteiger partial charge is 0.338 e. The third-order valence-corrected chi connectivity index (χ3v) is 6.34. The van der Waals surface area contributed by atoms with Gasteiger partial charge in [-0.15, -0.1) is 11.3 Å². The Bertz CT molecular complexity index is 807. The number of nitro benzene ring substituents is 1. The van der Waals surface area contributed by atoms with Crippen molar-refractivity contribution in [3.8, 4) is 0 Å². The molecule has 1 amide bonds. The molecule has 0 aliphatic carbocycles. The molecule has 3 heterocycles. The molecule has 0 radical (unpaired) electrons. The number of nitro groups is 1. The number of benzene rings is 1. The second-order valence-corrected chi connectivity index (χ2v) is 7.85. The highest BCUT2D eigenvalue weighted by Crippen LogP contribution is 2.33. The first-order valence-electron chi connectivity index (χ1n) is 8.22. The number of non-ortho nitro benzene ring substituents is 1. The van der Waals surface area contributed by atoms with Gasteiger partial charge in [0.25, 0.3) is 11.6 Å². The molecule has 2 fully saturated rings. The van der Waals surface area contributed by atoms with Crippen molar-refractivity contribution < 1.29 is 9.72 Å². The average Bonchev–Trinajstić information content (AvgIpc) is 3.15. The second kappa shape index (κ2) is 5.82. The van der Waals surface area contributed by atoms with Gasteiger partial charge in [0.15, 0.2) is 0 Å². The van der Waals surface area contributed by atoms with Crippen LogP contribution in [-0.2, 0) is 0 Å². The molecule has 2 unspecified atom stereocenters. The third kappa shape index (κ3) is 2.67. The minimum Gasteiger partial charge on any atom is -0.338 e. The minimum atomic E-state index is -0.407. The summed E-state index contributed by atoms with van der Waals surface area (Å²) < 4.78 is 0.905. The van der Waals surface area contributed by atoms with Crippen molar-refractivity contribution in [3.63, 3.8) is 0 Å². The van der Waals surface area contributed by atoms with Crippen molar-refractivity contribution in [2.75, 3.05) is 7.05 Å². The first kappa shape index (κ1) is 15.5. The fourth-order valence-corrected chi connectivity index (χ4v) is 4.96. The Hall–Kier alpha value is -1.99. The molecule has 126 valence electrons. The first-order valence-corrected chi connectivity index (χ1v) is 9.04. The Kier molecular flexibility index (Phi) is 3.77. The van der Waals surface area contributed by atoms with Gasteiger partial charge >= 0.3 is 0 Å². The van der Waals surface area contributed by atoms with Gasteiger partial charge in [0.2, 0.25) is 0 Å². The second-order valence-electron chi connectivity index (χ2n) is 6.77. The normalized spacial score (nSPS) is 25.8. The Labute approximate surface area is 143 Å². The van der Waals surface area contributed by atoms with Gasteiger partial charge in [-0.3, -0.25) is 14.9 Å². The van der Waals surface area contributed by atoms with Crippen LogP contribution in [0.4, 0.5) is 5.69 Å². The van der Waals surface area contributed by atoms with Crippen molar-refractivity contribution in [2.24, 2.45) is 0 Å². The van der Waals surface area contributed by atoms with Gasteiger partial charge in [-0.1, -0.05) is 0 Å². The van der Waals surface area contributed by atoms with E-state index in [4.69, 9.17) is 0 Å². The highest BCUT2D eigenvalue weighted by Gasteiger charge is 2.36. The molecule has 0 saturated carbocycles. The van der Waals surface area contributed by atoms with Gasteiger partial charge in [-0.25, -0.2) is 0 Å². The number of hydrogen-bond donors (Lipinski definition) is 1. The molecule has 1 aromatic carbocycles. The molecule has 2 aromatic rings. The number of thiophene rings is 1. The zero-order valence-corrected chi connectivity index (χ0v) is 14.2. The summed E-state index contributed by atoms with van der Waals surface area (Å²) in [6.07, 6.45) is 4.43. The van der Waals surface area contributed by atoms with Gasteiger partial charge < -0.3 is 10.2 Å². The molecule has 4 rings (SSSR count). The Morgan fingerprint density at radius 3 is 2.67 bits per heavy atom. The fourth-order valence-electron chi connectivity index (χ4n) is 3.93. The summed E-state index contributed by atoms with van der Waals surface area (Å²) in [7, 11) is 1.88. The van der Waals surface area contributed by atoms with Crippen molar-refractivity contribution >= 4 is 33.0 Å². The van der Waals surface area contributed by atoms with Crippen LogP contribution in [0.2, 0.25) is 0 Å². The lowest BCUT2D eigenvalue weighted by molar-refractivity contribution is -0.384. The van der Waals surface area contributed by atoms with Crippen LogP contribution in [-0.4, -0.2) is 40.9 Å². The van der Waals surface area contributed by atoms with E-state index in [0.717, 1.165) is 22.9 Å². The molecule has 24 heavy (non-hydrogen) atoms. The zero-order valence-electron chi connectivity index (χ0n) is 13.4. The fraction of sp³-hybridized carbons (Fsp3) is 0.471. The lowest BCUT2D eigenvalue weighted by Crippen LogP contribution is -2.48. The van der Waals surface area contributed by atoms with E-state index in [1.807, 2.05) is 11.9 Å².